The number of para-hydroxylation sites is 1. The van der Waals surface area contributed by atoms with E-state index in [-0.39, 0.29) is 0 Å². The number of nitrogens with zero attached hydrogens (tertiary/aromatic N) is 1. The van der Waals surface area contributed by atoms with Gasteiger partial charge in [-0.1, -0.05) is 30.3 Å². The minimum atomic E-state index is 0.358. The molecule has 1 aliphatic rings. The van der Waals surface area contributed by atoms with E-state index in [0.717, 1.165) is 17.9 Å². The van der Waals surface area contributed by atoms with Gasteiger partial charge >= 0.3 is 0 Å². The number of rotatable bonds is 4. The number of benzene rings is 2. The Morgan fingerprint density at radius 2 is 1.84 bits per heavy atom. The Morgan fingerprint density at radius 3 is 2.63 bits per heavy atom. The molecule has 0 heterocycles. The van der Waals surface area contributed by atoms with Crippen molar-refractivity contribution in [1.82, 2.24) is 0 Å². The highest BCUT2D eigenvalue weighted by Crippen LogP contribution is 2.46. The molecule has 19 heavy (non-hydrogen) atoms. The van der Waals surface area contributed by atoms with Crippen LogP contribution >= 0.6 is 0 Å². The van der Waals surface area contributed by atoms with Crippen molar-refractivity contribution >= 4 is 6.21 Å². The fourth-order valence-corrected chi connectivity index (χ4v) is 2.28. The van der Waals surface area contributed by atoms with Crippen LogP contribution in [0.1, 0.15) is 17.9 Å². The molecule has 0 amide bonds. The second-order valence-corrected chi connectivity index (χ2v) is 4.76. The topological polar surface area (TPSA) is 41.8 Å². The van der Waals surface area contributed by atoms with Crippen LogP contribution in [0.4, 0.5) is 0 Å². The summed E-state index contributed by atoms with van der Waals surface area (Å²) in [6, 6.07) is 17.8. The summed E-state index contributed by atoms with van der Waals surface area (Å²) in [5.74, 6) is 2.49. The van der Waals surface area contributed by atoms with Crippen LogP contribution in [0.25, 0.3) is 0 Å². The van der Waals surface area contributed by atoms with Gasteiger partial charge in [0.25, 0.3) is 0 Å². The largest absolute Gasteiger partial charge is 0.457 e. The third kappa shape index (κ3) is 2.76. The Balaban J connectivity index is 1.74. The van der Waals surface area contributed by atoms with E-state index in [1.165, 1.54) is 5.56 Å². The Bertz CT molecular complexity index is 580. The number of ether oxygens (including phenoxy) is 1. The summed E-state index contributed by atoms with van der Waals surface area (Å²) < 4.78 is 5.81. The maximum Gasteiger partial charge on any atom is 0.127 e. The standard InChI is InChI=1S/C16H15NO2/c18-17-11-13-10-16(13)12-5-4-8-15(9-12)19-14-6-2-1-3-7-14/h1-9,11,13,16,18H,10H2/b17-11+/t13-,16-/m0/s1. The first-order valence-corrected chi connectivity index (χ1v) is 6.37. The van der Waals surface area contributed by atoms with Crippen molar-refractivity contribution in [3.05, 3.63) is 60.2 Å². The quantitative estimate of drug-likeness (QED) is 0.507. The van der Waals surface area contributed by atoms with Crippen molar-refractivity contribution in [3.8, 4) is 11.5 Å². The van der Waals surface area contributed by atoms with Crippen molar-refractivity contribution in [2.24, 2.45) is 11.1 Å². The first-order valence-electron chi connectivity index (χ1n) is 6.37. The highest BCUT2D eigenvalue weighted by Gasteiger charge is 2.37. The van der Waals surface area contributed by atoms with Gasteiger partial charge in [0.15, 0.2) is 0 Å². The maximum absolute atomic E-state index is 8.54. The van der Waals surface area contributed by atoms with Gasteiger partial charge in [-0.2, -0.15) is 0 Å². The van der Waals surface area contributed by atoms with Crippen LogP contribution in [-0.4, -0.2) is 11.4 Å². The van der Waals surface area contributed by atoms with Crippen molar-refractivity contribution in [2.75, 3.05) is 0 Å². The molecule has 2 atom stereocenters. The predicted molar refractivity (Wildman–Crippen MR) is 74.1 cm³/mol. The monoisotopic (exact) mass is 253 g/mol. The molecule has 0 aromatic heterocycles. The van der Waals surface area contributed by atoms with Crippen LogP contribution < -0.4 is 4.74 Å². The SMILES string of the molecule is O/N=C/[C@@H]1C[C@H]1c1cccc(Oc2ccccc2)c1. The predicted octanol–water partition coefficient (Wildman–Crippen LogP) is 4.04. The van der Waals surface area contributed by atoms with Gasteiger partial charge in [-0.15, -0.1) is 5.16 Å². The van der Waals surface area contributed by atoms with Gasteiger partial charge < -0.3 is 9.94 Å². The van der Waals surface area contributed by atoms with Crippen LogP contribution in [0.15, 0.2) is 59.8 Å². The van der Waals surface area contributed by atoms with Gasteiger partial charge in [0.2, 0.25) is 0 Å². The fourth-order valence-electron chi connectivity index (χ4n) is 2.28. The van der Waals surface area contributed by atoms with Crippen molar-refractivity contribution < 1.29 is 9.94 Å². The maximum atomic E-state index is 8.54. The average Bonchev–Trinajstić information content (AvgIpc) is 3.20. The summed E-state index contributed by atoms with van der Waals surface area (Å²) in [7, 11) is 0. The van der Waals surface area contributed by atoms with Gasteiger partial charge in [-0.25, -0.2) is 0 Å². The molecular weight excluding hydrogens is 238 g/mol. The normalized spacial score (nSPS) is 21.5. The minimum Gasteiger partial charge on any atom is -0.457 e. The van der Waals surface area contributed by atoms with E-state index in [1.54, 1.807) is 6.21 Å². The zero-order chi connectivity index (χ0) is 13.1. The van der Waals surface area contributed by atoms with Crippen LogP contribution in [0.3, 0.4) is 0 Å². The van der Waals surface area contributed by atoms with Crippen LogP contribution in [0, 0.1) is 5.92 Å². The third-order valence-corrected chi connectivity index (χ3v) is 3.36. The highest BCUT2D eigenvalue weighted by molar-refractivity contribution is 5.66. The molecule has 1 saturated carbocycles. The summed E-state index contributed by atoms with van der Waals surface area (Å²) >= 11 is 0. The van der Waals surface area contributed by atoms with Gasteiger partial charge in [0.05, 0.1) is 0 Å². The number of oxime groups is 1. The van der Waals surface area contributed by atoms with E-state index in [9.17, 15) is 0 Å². The molecule has 1 aliphatic carbocycles. The van der Waals surface area contributed by atoms with Crippen LogP contribution in [0.5, 0.6) is 11.5 Å². The second-order valence-electron chi connectivity index (χ2n) is 4.76. The first kappa shape index (κ1) is 11.8. The molecule has 1 N–H and O–H groups in total. The summed E-state index contributed by atoms with van der Waals surface area (Å²) in [5, 5.41) is 11.6. The minimum absolute atomic E-state index is 0.358. The van der Waals surface area contributed by atoms with Gasteiger partial charge in [0, 0.05) is 12.1 Å². The molecule has 0 unspecified atom stereocenters. The van der Waals surface area contributed by atoms with E-state index in [1.807, 2.05) is 42.5 Å². The zero-order valence-corrected chi connectivity index (χ0v) is 10.4. The van der Waals surface area contributed by atoms with Crippen LogP contribution in [-0.2, 0) is 0 Å². The smallest absolute Gasteiger partial charge is 0.127 e. The average molecular weight is 253 g/mol. The molecule has 1 fully saturated rings. The lowest BCUT2D eigenvalue weighted by atomic mass is 10.1. The molecule has 0 saturated heterocycles. The molecule has 2 aromatic rings. The summed E-state index contributed by atoms with van der Waals surface area (Å²) in [4.78, 5) is 0. The molecule has 0 aliphatic heterocycles. The van der Waals surface area contributed by atoms with Gasteiger partial charge in [0.1, 0.15) is 11.5 Å². The Labute approximate surface area is 112 Å². The summed E-state index contributed by atoms with van der Waals surface area (Å²) in [6.07, 6.45) is 2.65. The van der Waals surface area contributed by atoms with E-state index in [0.29, 0.717) is 11.8 Å². The lowest BCUT2D eigenvalue weighted by Gasteiger charge is -2.07. The lowest BCUT2D eigenvalue weighted by Crippen LogP contribution is -1.88. The molecule has 96 valence electrons. The second kappa shape index (κ2) is 5.14. The molecule has 3 nitrogen and oxygen atoms in total. The van der Waals surface area contributed by atoms with Crippen LogP contribution in [0.2, 0.25) is 0 Å². The summed E-state index contributed by atoms with van der Waals surface area (Å²) in [5.41, 5.74) is 1.23. The molecule has 3 rings (SSSR count). The Morgan fingerprint density at radius 1 is 1.05 bits per heavy atom. The van der Waals surface area contributed by atoms with Crippen molar-refractivity contribution in [2.45, 2.75) is 12.3 Å². The molecule has 3 heteroatoms. The highest BCUT2D eigenvalue weighted by atomic mass is 16.5. The molecule has 0 radical (unpaired) electrons. The Kier molecular flexibility index (Phi) is 3.19. The zero-order valence-electron chi connectivity index (χ0n) is 10.4. The third-order valence-electron chi connectivity index (χ3n) is 3.36. The van der Waals surface area contributed by atoms with Crippen molar-refractivity contribution in [3.63, 3.8) is 0 Å². The number of hydrogen-bond donors (Lipinski definition) is 1. The lowest BCUT2D eigenvalue weighted by molar-refractivity contribution is 0.320. The molecular formula is C16H15NO2. The van der Waals surface area contributed by atoms with E-state index >= 15 is 0 Å². The van der Waals surface area contributed by atoms with Gasteiger partial charge in [-0.3, -0.25) is 0 Å². The van der Waals surface area contributed by atoms with Crippen molar-refractivity contribution in [1.29, 1.82) is 0 Å². The van der Waals surface area contributed by atoms with E-state index < -0.39 is 0 Å². The molecule has 0 bridgehead atoms. The van der Waals surface area contributed by atoms with E-state index in [2.05, 4.69) is 17.3 Å². The molecule has 0 spiro atoms. The first-order chi connectivity index (χ1) is 9.36. The fraction of sp³-hybridized carbons (Fsp3) is 0.188. The number of hydrogen-bond acceptors (Lipinski definition) is 3. The van der Waals surface area contributed by atoms with Gasteiger partial charge in [-0.05, 0) is 42.2 Å². The Hall–Kier alpha value is -2.29. The van der Waals surface area contributed by atoms with E-state index in [4.69, 9.17) is 9.94 Å². The summed E-state index contributed by atoms with van der Waals surface area (Å²) in [6.45, 7) is 0. The molecule has 2 aromatic carbocycles.